The van der Waals surface area contributed by atoms with E-state index in [1.807, 2.05) is 36.2 Å². The maximum atomic E-state index is 4.08. The van der Waals surface area contributed by atoms with Crippen molar-refractivity contribution in [3.05, 3.63) is 60.4 Å². The molecular formula is C12H10NS. The van der Waals surface area contributed by atoms with E-state index < -0.39 is 0 Å². The first-order chi connectivity index (χ1) is 6.95. The third-order valence-corrected chi connectivity index (χ3v) is 2.90. The summed E-state index contributed by atoms with van der Waals surface area (Å²) in [6, 6.07) is 15.1. The van der Waals surface area contributed by atoms with Gasteiger partial charge in [-0.2, -0.15) is 0 Å². The van der Waals surface area contributed by atoms with Gasteiger partial charge >= 0.3 is 0 Å². The molecule has 2 rings (SSSR count). The van der Waals surface area contributed by atoms with Crippen LogP contribution in [0.25, 0.3) is 0 Å². The maximum absolute atomic E-state index is 4.08. The molecule has 0 saturated heterocycles. The van der Waals surface area contributed by atoms with Gasteiger partial charge in [-0.15, -0.1) is 11.8 Å². The molecule has 0 aliphatic rings. The summed E-state index contributed by atoms with van der Waals surface area (Å²) in [7, 11) is 0. The van der Waals surface area contributed by atoms with E-state index in [-0.39, 0.29) is 0 Å². The lowest BCUT2D eigenvalue weighted by molar-refractivity contribution is 1.25. The van der Waals surface area contributed by atoms with Gasteiger partial charge in [-0.25, -0.2) is 0 Å². The van der Waals surface area contributed by atoms with Gasteiger partial charge in [0, 0.05) is 23.0 Å². The zero-order valence-corrected chi connectivity index (χ0v) is 8.50. The average molecular weight is 200 g/mol. The molecule has 1 aromatic heterocycles. The molecule has 2 aromatic rings. The van der Waals surface area contributed by atoms with Crippen molar-refractivity contribution in [2.45, 2.75) is 10.6 Å². The highest BCUT2D eigenvalue weighted by molar-refractivity contribution is 7.98. The number of aromatic nitrogens is 1. The van der Waals surface area contributed by atoms with Gasteiger partial charge in [0.05, 0.1) is 0 Å². The van der Waals surface area contributed by atoms with E-state index in [1.54, 1.807) is 6.20 Å². The molecule has 1 nitrogen and oxygen atoms in total. The summed E-state index contributed by atoms with van der Waals surface area (Å²) in [5.74, 6) is 0.970. The Bertz CT molecular complexity index is 333. The highest BCUT2D eigenvalue weighted by Gasteiger charge is 1.94. The Labute approximate surface area is 88.2 Å². The van der Waals surface area contributed by atoms with Crippen LogP contribution in [-0.4, -0.2) is 4.98 Å². The predicted molar refractivity (Wildman–Crippen MR) is 59.1 cm³/mol. The number of thioether (sulfide) groups is 1. The normalized spacial score (nSPS) is 10.0. The summed E-state index contributed by atoms with van der Waals surface area (Å²) >= 11 is 1.81. The fraction of sp³-hybridized carbons (Fsp3) is 0.0833. The van der Waals surface area contributed by atoms with E-state index in [2.05, 4.69) is 29.2 Å². The average Bonchev–Trinajstić information content (AvgIpc) is 2.29. The van der Waals surface area contributed by atoms with Crippen molar-refractivity contribution in [2.75, 3.05) is 0 Å². The number of hydrogen-bond acceptors (Lipinski definition) is 2. The van der Waals surface area contributed by atoms with Crippen molar-refractivity contribution >= 4 is 11.8 Å². The van der Waals surface area contributed by atoms with Gasteiger partial charge in [0.2, 0.25) is 0 Å². The molecule has 0 aliphatic carbocycles. The summed E-state index contributed by atoms with van der Waals surface area (Å²) in [5.41, 5.74) is 1.25. The number of nitrogens with zero attached hydrogens (tertiary/aromatic N) is 1. The number of rotatable bonds is 3. The first-order valence-corrected chi connectivity index (χ1v) is 5.41. The second kappa shape index (κ2) is 4.82. The Morgan fingerprint density at radius 3 is 2.79 bits per heavy atom. The topological polar surface area (TPSA) is 12.9 Å². The van der Waals surface area contributed by atoms with Crippen LogP contribution < -0.4 is 0 Å². The molecule has 0 N–H and O–H groups in total. The first-order valence-electron chi connectivity index (χ1n) is 4.43. The standard InChI is InChI=1S/C12H10NS/c1-2-6-12(7-3-1)14-10-11-5-4-8-13-9-11/h2-9H,10H2. The lowest BCUT2D eigenvalue weighted by Gasteiger charge is -2.00. The van der Waals surface area contributed by atoms with E-state index in [9.17, 15) is 0 Å². The highest BCUT2D eigenvalue weighted by atomic mass is 32.2. The van der Waals surface area contributed by atoms with E-state index in [4.69, 9.17) is 0 Å². The molecule has 0 amide bonds. The Balaban J connectivity index is 1.96. The van der Waals surface area contributed by atoms with Crippen molar-refractivity contribution < 1.29 is 0 Å². The molecule has 0 saturated carbocycles. The Hall–Kier alpha value is -1.28. The fourth-order valence-corrected chi connectivity index (χ4v) is 1.95. The third kappa shape index (κ3) is 2.60. The monoisotopic (exact) mass is 200 g/mol. The van der Waals surface area contributed by atoms with Crippen LogP contribution in [0.4, 0.5) is 0 Å². The summed E-state index contributed by atoms with van der Waals surface area (Å²) in [6.07, 6.45) is 3.70. The molecule has 2 heteroatoms. The van der Waals surface area contributed by atoms with Crippen LogP contribution in [0.1, 0.15) is 5.56 Å². The summed E-state index contributed by atoms with van der Waals surface area (Å²) < 4.78 is 0. The van der Waals surface area contributed by atoms with Crippen LogP contribution in [0.2, 0.25) is 0 Å². The highest BCUT2D eigenvalue weighted by Crippen LogP contribution is 2.21. The Morgan fingerprint density at radius 2 is 2.07 bits per heavy atom. The number of hydrogen-bond donors (Lipinski definition) is 0. The molecule has 0 fully saturated rings. The van der Waals surface area contributed by atoms with E-state index in [1.165, 1.54) is 10.5 Å². The first kappa shape index (κ1) is 9.28. The van der Waals surface area contributed by atoms with Gasteiger partial charge in [-0.1, -0.05) is 18.2 Å². The molecule has 0 aliphatic heterocycles. The van der Waals surface area contributed by atoms with Crippen LogP contribution in [0, 0.1) is 6.07 Å². The number of benzene rings is 1. The maximum Gasteiger partial charge on any atom is 0.0308 e. The molecule has 0 atom stereocenters. The van der Waals surface area contributed by atoms with Gasteiger partial charge in [-0.05, 0) is 29.8 Å². The molecule has 1 radical (unpaired) electrons. The van der Waals surface area contributed by atoms with Crippen molar-refractivity contribution in [2.24, 2.45) is 0 Å². The van der Waals surface area contributed by atoms with Gasteiger partial charge in [0.1, 0.15) is 0 Å². The number of pyridine rings is 1. The lowest BCUT2D eigenvalue weighted by Crippen LogP contribution is -1.80. The van der Waals surface area contributed by atoms with E-state index in [0.29, 0.717) is 0 Å². The zero-order valence-electron chi connectivity index (χ0n) is 7.68. The molecule has 14 heavy (non-hydrogen) atoms. The Morgan fingerprint density at radius 1 is 1.21 bits per heavy atom. The van der Waals surface area contributed by atoms with Crippen LogP contribution in [0.3, 0.4) is 0 Å². The summed E-state index contributed by atoms with van der Waals surface area (Å²) in [5, 5.41) is 0. The predicted octanol–water partition coefficient (Wildman–Crippen LogP) is 3.17. The smallest absolute Gasteiger partial charge is 0.0308 e. The minimum Gasteiger partial charge on any atom is -0.264 e. The quantitative estimate of drug-likeness (QED) is 0.706. The van der Waals surface area contributed by atoms with E-state index in [0.717, 1.165) is 5.75 Å². The second-order valence-corrected chi connectivity index (χ2v) is 3.93. The Kier molecular flexibility index (Phi) is 3.19. The van der Waals surface area contributed by atoms with Crippen molar-refractivity contribution in [1.29, 1.82) is 0 Å². The third-order valence-electron chi connectivity index (χ3n) is 1.82. The minimum atomic E-state index is 0.970. The van der Waals surface area contributed by atoms with Crippen LogP contribution >= 0.6 is 11.8 Å². The SMILES string of the molecule is [c]1ccc(SCc2cccnc2)cc1. The minimum absolute atomic E-state index is 0.970. The molecule has 69 valence electrons. The van der Waals surface area contributed by atoms with Gasteiger partial charge in [0.15, 0.2) is 0 Å². The summed E-state index contributed by atoms with van der Waals surface area (Å²) in [6.45, 7) is 0. The lowest BCUT2D eigenvalue weighted by atomic mass is 10.3. The van der Waals surface area contributed by atoms with Crippen molar-refractivity contribution in [1.82, 2.24) is 4.98 Å². The van der Waals surface area contributed by atoms with Gasteiger partial charge in [0.25, 0.3) is 0 Å². The van der Waals surface area contributed by atoms with Crippen LogP contribution in [0.15, 0.2) is 53.7 Å². The molecule has 1 heterocycles. The van der Waals surface area contributed by atoms with Crippen molar-refractivity contribution in [3.63, 3.8) is 0 Å². The molecule has 0 unspecified atom stereocenters. The van der Waals surface area contributed by atoms with Gasteiger partial charge < -0.3 is 0 Å². The van der Waals surface area contributed by atoms with Crippen molar-refractivity contribution in [3.8, 4) is 0 Å². The van der Waals surface area contributed by atoms with Gasteiger partial charge in [-0.3, -0.25) is 4.98 Å². The summed E-state index contributed by atoms with van der Waals surface area (Å²) in [4.78, 5) is 5.35. The molecular weight excluding hydrogens is 190 g/mol. The molecule has 0 bridgehead atoms. The second-order valence-electron chi connectivity index (χ2n) is 2.89. The van der Waals surface area contributed by atoms with E-state index >= 15 is 0 Å². The largest absolute Gasteiger partial charge is 0.264 e. The van der Waals surface area contributed by atoms with Crippen LogP contribution in [-0.2, 0) is 5.75 Å². The molecule has 0 spiro atoms. The molecule has 1 aromatic carbocycles. The fourth-order valence-electron chi connectivity index (χ4n) is 1.12. The van der Waals surface area contributed by atoms with Crippen LogP contribution in [0.5, 0.6) is 0 Å². The zero-order chi connectivity index (χ0) is 9.64.